The first-order valence-corrected chi connectivity index (χ1v) is 8.22. The summed E-state index contributed by atoms with van der Waals surface area (Å²) in [5, 5.41) is 0. The van der Waals surface area contributed by atoms with E-state index in [9.17, 15) is 17.6 Å². The average Bonchev–Trinajstić information content (AvgIpc) is 2.53. The van der Waals surface area contributed by atoms with Crippen molar-refractivity contribution in [3.05, 3.63) is 54.4 Å². The van der Waals surface area contributed by atoms with Crippen molar-refractivity contribution in [2.45, 2.75) is 50.8 Å². The van der Waals surface area contributed by atoms with E-state index >= 15 is 0 Å². The third kappa shape index (κ3) is 5.69. The van der Waals surface area contributed by atoms with E-state index in [2.05, 4.69) is 17.4 Å². The van der Waals surface area contributed by atoms with Gasteiger partial charge in [-0.1, -0.05) is 30.9 Å². The molecule has 0 aromatic heterocycles. The molecule has 0 heterocycles. The van der Waals surface area contributed by atoms with E-state index in [-0.39, 0.29) is 5.92 Å². The van der Waals surface area contributed by atoms with Gasteiger partial charge in [-0.2, -0.15) is 0 Å². The fourth-order valence-electron chi connectivity index (χ4n) is 3.29. The molecule has 0 spiro atoms. The lowest BCUT2D eigenvalue weighted by Gasteiger charge is -2.28. The minimum Gasteiger partial charge on any atom is -0.403 e. The molecular formula is C19H22F4O. The van der Waals surface area contributed by atoms with Crippen LogP contribution in [-0.4, -0.2) is 6.36 Å². The Morgan fingerprint density at radius 1 is 1.17 bits per heavy atom. The maximum absolute atomic E-state index is 13.8. The SMILES string of the molecule is C=C/C=C/CCC1CCC(c2ccc(OC(F)(F)F)c(F)c2)CC1. The highest BCUT2D eigenvalue weighted by Gasteiger charge is 2.32. The van der Waals surface area contributed by atoms with E-state index in [4.69, 9.17) is 0 Å². The van der Waals surface area contributed by atoms with Gasteiger partial charge in [0.2, 0.25) is 0 Å². The van der Waals surface area contributed by atoms with Crippen LogP contribution in [0.2, 0.25) is 0 Å². The number of hydrogen-bond acceptors (Lipinski definition) is 1. The molecule has 1 saturated carbocycles. The second kappa shape index (κ2) is 8.36. The number of ether oxygens (including phenoxy) is 1. The maximum Gasteiger partial charge on any atom is 0.573 e. The summed E-state index contributed by atoms with van der Waals surface area (Å²) in [7, 11) is 0. The quantitative estimate of drug-likeness (QED) is 0.422. The standard InChI is InChI=1S/C19H22F4O/c1-2-3-4-5-6-14-7-9-15(10-8-14)16-11-12-18(17(20)13-16)24-19(21,22)23/h2-4,11-15H,1,5-10H2/b4-3+. The van der Waals surface area contributed by atoms with E-state index in [1.165, 1.54) is 6.07 Å². The molecule has 1 aliphatic rings. The normalized spacial score (nSPS) is 21.8. The molecule has 0 radical (unpaired) electrons. The van der Waals surface area contributed by atoms with Crippen molar-refractivity contribution in [1.29, 1.82) is 0 Å². The molecule has 5 heteroatoms. The average molecular weight is 342 g/mol. The van der Waals surface area contributed by atoms with Crippen molar-refractivity contribution in [3.8, 4) is 5.75 Å². The summed E-state index contributed by atoms with van der Waals surface area (Å²) < 4.78 is 54.0. The number of rotatable bonds is 6. The summed E-state index contributed by atoms with van der Waals surface area (Å²) in [5.41, 5.74) is 0.757. The van der Waals surface area contributed by atoms with Gasteiger partial charge in [0.25, 0.3) is 0 Å². The molecular weight excluding hydrogens is 320 g/mol. The summed E-state index contributed by atoms with van der Waals surface area (Å²) in [4.78, 5) is 0. The zero-order valence-electron chi connectivity index (χ0n) is 13.5. The third-order valence-electron chi connectivity index (χ3n) is 4.51. The van der Waals surface area contributed by atoms with Gasteiger partial charge in [-0.25, -0.2) is 4.39 Å². The van der Waals surface area contributed by atoms with Gasteiger partial charge in [0.05, 0.1) is 0 Å². The van der Waals surface area contributed by atoms with Crippen LogP contribution in [-0.2, 0) is 0 Å². The maximum atomic E-state index is 13.8. The van der Waals surface area contributed by atoms with Crippen LogP contribution in [0.4, 0.5) is 17.6 Å². The number of hydrogen-bond donors (Lipinski definition) is 0. The zero-order chi connectivity index (χ0) is 17.6. The van der Waals surface area contributed by atoms with Gasteiger partial charge in [-0.05, 0) is 68.1 Å². The lowest BCUT2D eigenvalue weighted by molar-refractivity contribution is -0.275. The van der Waals surface area contributed by atoms with Crippen molar-refractivity contribution < 1.29 is 22.3 Å². The second-order valence-electron chi connectivity index (χ2n) is 6.20. The fraction of sp³-hybridized carbons (Fsp3) is 0.474. The minimum absolute atomic E-state index is 0.208. The molecule has 0 N–H and O–H groups in total. The Morgan fingerprint density at radius 2 is 1.88 bits per heavy atom. The molecule has 0 saturated heterocycles. The fourth-order valence-corrected chi connectivity index (χ4v) is 3.29. The van der Waals surface area contributed by atoms with Crippen molar-refractivity contribution >= 4 is 0 Å². The van der Waals surface area contributed by atoms with E-state index < -0.39 is 17.9 Å². The molecule has 132 valence electrons. The van der Waals surface area contributed by atoms with Gasteiger partial charge in [-0.15, -0.1) is 13.2 Å². The molecule has 0 amide bonds. The van der Waals surface area contributed by atoms with Gasteiger partial charge in [0.15, 0.2) is 11.6 Å². The van der Waals surface area contributed by atoms with E-state index in [0.717, 1.165) is 50.2 Å². The molecule has 1 aromatic rings. The van der Waals surface area contributed by atoms with Crippen LogP contribution < -0.4 is 4.74 Å². The molecule has 1 aliphatic carbocycles. The van der Waals surface area contributed by atoms with Gasteiger partial charge >= 0.3 is 6.36 Å². The van der Waals surface area contributed by atoms with Crippen LogP contribution in [0.5, 0.6) is 5.75 Å². The highest BCUT2D eigenvalue weighted by atomic mass is 19.4. The summed E-state index contributed by atoms with van der Waals surface area (Å²) >= 11 is 0. The minimum atomic E-state index is -4.87. The molecule has 0 bridgehead atoms. The summed E-state index contributed by atoms with van der Waals surface area (Å²) in [6, 6.07) is 3.80. The Morgan fingerprint density at radius 3 is 2.46 bits per heavy atom. The largest absolute Gasteiger partial charge is 0.573 e. The first-order chi connectivity index (χ1) is 11.4. The van der Waals surface area contributed by atoms with Crippen molar-refractivity contribution in [3.63, 3.8) is 0 Å². The predicted octanol–water partition coefficient (Wildman–Crippen LogP) is 6.52. The highest BCUT2D eigenvalue weighted by Crippen LogP contribution is 2.39. The summed E-state index contributed by atoms with van der Waals surface area (Å²) in [5.74, 6) is -0.858. The van der Waals surface area contributed by atoms with Crippen LogP contribution in [0, 0.1) is 11.7 Å². The molecule has 1 aromatic carbocycles. The molecule has 2 rings (SSSR count). The van der Waals surface area contributed by atoms with Gasteiger partial charge in [-0.3, -0.25) is 0 Å². The van der Waals surface area contributed by atoms with Crippen molar-refractivity contribution in [1.82, 2.24) is 0 Å². The predicted molar refractivity (Wildman–Crippen MR) is 86.4 cm³/mol. The number of allylic oxidation sites excluding steroid dienone is 3. The Balaban J connectivity index is 1.89. The third-order valence-corrected chi connectivity index (χ3v) is 4.51. The molecule has 1 fully saturated rings. The second-order valence-corrected chi connectivity index (χ2v) is 6.20. The Kier molecular flexibility index (Phi) is 6.46. The van der Waals surface area contributed by atoms with Crippen LogP contribution in [0.25, 0.3) is 0 Å². The topological polar surface area (TPSA) is 9.23 Å². The molecule has 0 aliphatic heterocycles. The van der Waals surface area contributed by atoms with Crippen LogP contribution in [0.1, 0.15) is 50.0 Å². The van der Waals surface area contributed by atoms with Crippen molar-refractivity contribution in [2.24, 2.45) is 5.92 Å². The number of benzene rings is 1. The molecule has 0 atom stereocenters. The monoisotopic (exact) mass is 342 g/mol. The molecule has 0 unspecified atom stereocenters. The Hall–Kier alpha value is -1.78. The Labute approximate surface area is 140 Å². The van der Waals surface area contributed by atoms with Gasteiger partial charge in [0, 0.05) is 0 Å². The van der Waals surface area contributed by atoms with E-state index in [0.29, 0.717) is 5.92 Å². The Bertz CT molecular complexity index is 569. The summed E-state index contributed by atoms with van der Waals surface area (Å²) in [6.45, 7) is 3.63. The van der Waals surface area contributed by atoms with E-state index in [1.54, 1.807) is 12.1 Å². The number of halogens is 4. The van der Waals surface area contributed by atoms with Gasteiger partial charge < -0.3 is 4.74 Å². The first kappa shape index (κ1) is 18.6. The van der Waals surface area contributed by atoms with Crippen molar-refractivity contribution in [2.75, 3.05) is 0 Å². The van der Waals surface area contributed by atoms with Crippen LogP contribution in [0.3, 0.4) is 0 Å². The molecule has 1 nitrogen and oxygen atoms in total. The van der Waals surface area contributed by atoms with Crippen LogP contribution in [0.15, 0.2) is 43.0 Å². The smallest absolute Gasteiger partial charge is 0.403 e. The zero-order valence-corrected chi connectivity index (χ0v) is 13.5. The lowest BCUT2D eigenvalue weighted by atomic mass is 9.77. The highest BCUT2D eigenvalue weighted by molar-refractivity contribution is 5.31. The summed E-state index contributed by atoms with van der Waals surface area (Å²) in [6.07, 6.45) is 7.10. The number of alkyl halides is 3. The van der Waals surface area contributed by atoms with Gasteiger partial charge in [0.1, 0.15) is 0 Å². The molecule has 24 heavy (non-hydrogen) atoms. The van der Waals surface area contributed by atoms with Crippen LogP contribution >= 0.6 is 0 Å². The lowest BCUT2D eigenvalue weighted by Crippen LogP contribution is -2.18. The first-order valence-electron chi connectivity index (χ1n) is 8.22. The van der Waals surface area contributed by atoms with E-state index in [1.807, 2.05) is 6.08 Å².